The van der Waals surface area contributed by atoms with Gasteiger partial charge >= 0.3 is 0 Å². The van der Waals surface area contributed by atoms with E-state index in [1.54, 1.807) is 17.0 Å². The lowest BCUT2D eigenvalue weighted by Gasteiger charge is -2.10. The van der Waals surface area contributed by atoms with Crippen molar-refractivity contribution in [1.82, 2.24) is 19.5 Å². The summed E-state index contributed by atoms with van der Waals surface area (Å²) in [5.74, 6) is 1.97. The average Bonchev–Trinajstić information content (AvgIpc) is 3.48. The van der Waals surface area contributed by atoms with Crippen LogP contribution in [0, 0.1) is 0 Å². The number of hydrogen-bond acceptors (Lipinski definition) is 6. The minimum atomic E-state index is -0.138. The maximum Gasteiger partial charge on any atom is 0.234 e. The Kier molecular flexibility index (Phi) is 5.66. The van der Waals surface area contributed by atoms with Crippen LogP contribution in [0.3, 0.4) is 0 Å². The molecule has 0 aliphatic carbocycles. The maximum absolute atomic E-state index is 12.4. The zero-order valence-corrected chi connectivity index (χ0v) is 16.5. The van der Waals surface area contributed by atoms with Crippen molar-refractivity contribution >= 4 is 23.4 Å². The Morgan fingerprint density at radius 2 is 1.93 bits per heavy atom. The van der Waals surface area contributed by atoms with E-state index in [1.165, 1.54) is 11.8 Å². The van der Waals surface area contributed by atoms with Crippen LogP contribution in [0.1, 0.15) is 6.92 Å². The minimum absolute atomic E-state index is 0.138. The van der Waals surface area contributed by atoms with E-state index in [4.69, 9.17) is 9.15 Å². The Morgan fingerprint density at radius 3 is 2.62 bits per heavy atom. The van der Waals surface area contributed by atoms with Gasteiger partial charge in [0, 0.05) is 18.1 Å². The zero-order valence-electron chi connectivity index (χ0n) is 15.7. The number of thioether (sulfide) groups is 1. The van der Waals surface area contributed by atoms with Crippen molar-refractivity contribution in [2.24, 2.45) is 0 Å². The standard InChI is InChI=1S/C20H19N5O3S/c1-2-27-16-9-7-15(8-10-16)21-18(26)14-29-20-23-22-19(17-6-5-13-28-17)25(20)24-11-3-4-12-24/h3-13H,2,14H2,1H3,(H,21,26). The van der Waals surface area contributed by atoms with Crippen molar-refractivity contribution < 1.29 is 13.9 Å². The molecule has 0 bridgehead atoms. The second-order valence-electron chi connectivity index (χ2n) is 5.95. The molecule has 4 rings (SSSR count). The Labute approximate surface area is 171 Å². The van der Waals surface area contributed by atoms with Gasteiger partial charge in [0.1, 0.15) is 5.75 Å². The van der Waals surface area contributed by atoms with Gasteiger partial charge in [-0.25, -0.2) is 4.68 Å². The lowest BCUT2D eigenvalue weighted by molar-refractivity contribution is -0.113. The number of aromatic nitrogens is 4. The van der Waals surface area contributed by atoms with Crippen molar-refractivity contribution in [1.29, 1.82) is 0 Å². The number of hydrogen-bond donors (Lipinski definition) is 1. The van der Waals surface area contributed by atoms with Crippen molar-refractivity contribution in [2.75, 3.05) is 17.7 Å². The smallest absolute Gasteiger partial charge is 0.234 e. The number of amides is 1. The van der Waals surface area contributed by atoms with E-state index in [1.807, 2.05) is 66.5 Å². The third-order valence-electron chi connectivity index (χ3n) is 3.95. The summed E-state index contributed by atoms with van der Waals surface area (Å²) in [6.45, 7) is 2.53. The number of nitrogens with one attached hydrogen (secondary N) is 1. The van der Waals surface area contributed by atoms with Crippen LogP contribution < -0.4 is 10.1 Å². The van der Waals surface area contributed by atoms with E-state index < -0.39 is 0 Å². The highest BCUT2D eigenvalue weighted by atomic mass is 32.2. The number of ether oxygens (including phenoxy) is 1. The predicted molar refractivity (Wildman–Crippen MR) is 110 cm³/mol. The first-order valence-corrected chi connectivity index (χ1v) is 10.0. The van der Waals surface area contributed by atoms with Gasteiger partial charge in [0.2, 0.25) is 16.9 Å². The van der Waals surface area contributed by atoms with Crippen molar-refractivity contribution in [3.63, 3.8) is 0 Å². The van der Waals surface area contributed by atoms with E-state index >= 15 is 0 Å². The summed E-state index contributed by atoms with van der Waals surface area (Å²) >= 11 is 1.29. The lowest BCUT2D eigenvalue weighted by atomic mass is 10.3. The summed E-state index contributed by atoms with van der Waals surface area (Å²) in [5, 5.41) is 11.9. The van der Waals surface area contributed by atoms with E-state index in [9.17, 15) is 4.79 Å². The average molecular weight is 409 g/mol. The second-order valence-corrected chi connectivity index (χ2v) is 6.90. The summed E-state index contributed by atoms with van der Waals surface area (Å²) < 4.78 is 14.5. The molecule has 1 N–H and O–H groups in total. The van der Waals surface area contributed by atoms with Gasteiger partial charge in [-0.05, 0) is 55.5 Å². The first-order chi connectivity index (χ1) is 14.2. The molecule has 1 aromatic carbocycles. The van der Waals surface area contributed by atoms with Gasteiger partial charge in [-0.1, -0.05) is 11.8 Å². The van der Waals surface area contributed by atoms with Crippen molar-refractivity contribution in [2.45, 2.75) is 12.1 Å². The number of furan rings is 1. The van der Waals surface area contributed by atoms with Gasteiger partial charge in [0.15, 0.2) is 5.76 Å². The van der Waals surface area contributed by atoms with Gasteiger partial charge in [0.05, 0.1) is 18.6 Å². The zero-order chi connectivity index (χ0) is 20.1. The van der Waals surface area contributed by atoms with Gasteiger partial charge in [-0.2, -0.15) is 0 Å². The number of benzene rings is 1. The molecular weight excluding hydrogens is 390 g/mol. The first-order valence-electron chi connectivity index (χ1n) is 9.03. The van der Waals surface area contributed by atoms with Crippen LogP contribution in [0.15, 0.2) is 76.8 Å². The molecule has 0 spiro atoms. The maximum atomic E-state index is 12.4. The Balaban J connectivity index is 1.46. The Bertz CT molecular complexity index is 1060. The predicted octanol–water partition coefficient (Wildman–Crippen LogP) is 3.78. The minimum Gasteiger partial charge on any atom is -0.494 e. The first kappa shape index (κ1) is 18.9. The normalized spacial score (nSPS) is 10.8. The number of nitrogens with zero attached hydrogens (tertiary/aromatic N) is 4. The number of rotatable bonds is 8. The summed E-state index contributed by atoms with van der Waals surface area (Å²) in [7, 11) is 0. The SMILES string of the molecule is CCOc1ccc(NC(=O)CSc2nnc(-c3ccco3)n2-n2cccc2)cc1. The molecule has 0 aliphatic rings. The summed E-state index contributed by atoms with van der Waals surface area (Å²) in [6, 6.07) is 14.7. The molecule has 0 saturated heterocycles. The highest BCUT2D eigenvalue weighted by Crippen LogP contribution is 2.25. The van der Waals surface area contributed by atoms with Crippen LogP contribution in [-0.2, 0) is 4.79 Å². The third-order valence-corrected chi connectivity index (χ3v) is 4.87. The molecule has 0 atom stereocenters. The molecule has 4 aromatic rings. The van der Waals surface area contributed by atoms with E-state index in [0.717, 1.165) is 5.75 Å². The summed E-state index contributed by atoms with van der Waals surface area (Å²) in [6.07, 6.45) is 5.33. The fraction of sp³-hybridized carbons (Fsp3) is 0.150. The van der Waals surface area contributed by atoms with Crippen LogP contribution in [0.5, 0.6) is 5.75 Å². The van der Waals surface area contributed by atoms with E-state index in [2.05, 4.69) is 15.5 Å². The largest absolute Gasteiger partial charge is 0.494 e. The lowest BCUT2D eigenvalue weighted by Crippen LogP contribution is -2.15. The molecule has 0 radical (unpaired) electrons. The summed E-state index contributed by atoms with van der Waals surface area (Å²) in [4.78, 5) is 12.4. The molecule has 3 heterocycles. The Morgan fingerprint density at radius 1 is 1.14 bits per heavy atom. The molecule has 1 amide bonds. The second kappa shape index (κ2) is 8.70. The van der Waals surface area contributed by atoms with Crippen LogP contribution >= 0.6 is 11.8 Å². The Hall–Kier alpha value is -3.46. The van der Waals surface area contributed by atoms with E-state index in [0.29, 0.717) is 29.0 Å². The van der Waals surface area contributed by atoms with Crippen molar-refractivity contribution in [3.8, 4) is 17.3 Å². The molecule has 0 unspecified atom stereocenters. The quantitative estimate of drug-likeness (QED) is 0.446. The topological polar surface area (TPSA) is 87.1 Å². The number of anilines is 1. The van der Waals surface area contributed by atoms with Gasteiger partial charge < -0.3 is 14.5 Å². The molecule has 0 saturated carbocycles. The highest BCUT2D eigenvalue weighted by Gasteiger charge is 2.18. The van der Waals surface area contributed by atoms with Crippen LogP contribution in [0.25, 0.3) is 11.6 Å². The molecule has 0 aliphatic heterocycles. The fourth-order valence-electron chi connectivity index (χ4n) is 2.71. The number of carbonyl (C=O) groups is 1. The summed E-state index contributed by atoms with van der Waals surface area (Å²) in [5.41, 5.74) is 0.710. The van der Waals surface area contributed by atoms with Crippen LogP contribution in [0.4, 0.5) is 5.69 Å². The van der Waals surface area contributed by atoms with Gasteiger partial charge in [0.25, 0.3) is 0 Å². The molecule has 148 valence electrons. The molecule has 0 fully saturated rings. The molecule has 29 heavy (non-hydrogen) atoms. The van der Waals surface area contributed by atoms with Crippen LogP contribution in [-0.4, -0.2) is 37.8 Å². The third kappa shape index (κ3) is 4.35. The molecule has 8 nitrogen and oxygen atoms in total. The van der Waals surface area contributed by atoms with Crippen molar-refractivity contribution in [3.05, 3.63) is 67.2 Å². The van der Waals surface area contributed by atoms with Gasteiger partial charge in [-0.3, -0.25) is 9.47 Å². The molecular formula is C20H19N5O3S. The molecule has 9 heteroatoms. The number of carbonyl (C=O) groups excluding carboxylic acids is 1. The van der Waals surface area contributed by atoms with Gasteiger partial charge in [-0.15, -0.1) is 10.2 Å². The highest BCUT2D eigenvalue weighted by molar-refractivity contribution is 7.99. The fourth-order valence-corrected chi connectivity index (χ4v) is 3.44. The molecule has 3 aromatic heterocycles. The monoisotopic (exact) mass is 409 g/mol. The van der Waals surface area contributed by atoms with E-state index in [-0.39, 0.29) is 11.7 Å². The van der Waals surface area contributed by atoms with Crippen LogP contribution in [0.2, 0.25) is 0 Å².